The summed E-state index contributed by atoms with van der Waals surface area (Å²) >= 11 is 7.52. The summed E-state index contributed by atoms with van der Waals surface area (Å²) in [6, 6.07) is 15.0. The van der Waals surface area contributed by atoms with E-state index in [1.54, 1.807) is 29.6 Å². The number of halogens is 1. The smallest absolute Gasteiger partial charge is 0.214 e. The van der Waals surface area contributed by atoms with Crippen LogP contribution in [0.1, 0.15) is 6.42 Å². The number of aromatic nitrogens is 4. The van der Waals surface area contributed by atoms with E-state index < -0.39 is 0 Å². The first-order valence-electron chi connectivity index (χ1n) is 7.70. The molecule has 0 radical (unpaired) electrons. The lowest BCUT2D eigenvalue weighted by atomic mass is 10.3. The Balaban J connectivity index is 1.50. The number of hydrogen-bond donors (Lipinski definition) is 0. The first-order valence-corrected chi connectivity index (χ1v) is 9.06. The van der Waals surface area contributed by atoms with Crippen LogP contribution in [0, 0.1) is 0 Å². The van der Waals surface area contributed by atoms with Crippen molar-refractivity contribution in [1.82, 2.24) is 20.2 Å². The number of hydrogen-bond acceptors (Lipinski definition) is 6. The molecule has 3 rings (SSSR count). The van der Waals surface area contributed by atoms with E-state index >= 15 is 0 Å². The van der Waals surface area contributed by atoms with Gasteiger partial charge in [-0.05, 0) is 59.3 Å². The Labute approximate surface area is 155 Å². The second-order valence-corrected chi connectivity index (χ2v) is 6.58. The van der Waals surface area contributed by atoms with Crippen LogP contribution >= 0.6 is 23.4 Å². The van der Waals surface area contributed by atoms with Gasteiger partial charge in [-0.15, -0.1) is 5.10 Å². The molecule has 2 aromatic carbocycles. The second-order valence-electron chi connectivity index (χ2n) is 5.08. The van der Waals surface area contributed by atoms with Gasteiger partial charge in [0, 0.05) is 10.8 Å². The summed E-state index contributed by atoms with van der Waals surface area (Å²) in [5.74, 6) is 2.42. The zero-order valence-corrected chi connectivity index (χ0v) is 15.2. The molecule has 0 aliphatic carbocycles. The molecule has 0 saturated heterocycles. The molecule has 1 heterocycles. The number of thioether (sulfide) groups is 1. The molecule has 0 N–H and O–H groups in total. The predicted molar refractivity (Wildman–Crippen MR) is 98.0 cm³/mol. The van der Waals surface area contributed by atoms with E-state index in [1.807, 2.05) is 42.5 Å². The van der Waals surface area contributed by atoms with Crippen molar-refractivity contribution in [2.75, 3.05) is 19.5 Å². The van der Waals surface area contributed by atoms with E-state index in [0.717, 1.165) is 34.5 Å². The van der Waals surface area contributed by atoms with Crippen molar-refractivity contribution in [2.45, 2.75) is 11.6 Å². The van der Waals surface area contributed by atoms with Crippen molar-refractivity contribution in [3.8, 4) is 17.2 Å². The van der Waals surface area contributed by atoms with Crippen LogP contribution in [0.2, 0.25) is 5.02 Å². The number of ether oxygens (including phenoxy) is 2. The molecule has 0 bridgehead atoms. The van der Waals surface area contributed by atoms with Gasteiger partial charge in [0.15, 0.2) is 0 Å². The molecular weight excluding hydrogens is 360 g/mol. The van der Waals surface area contributed by atoms with Crippen LogP contribution in [0.15, 0.2) is 53.7 Å². The van der Waals surface area contributed by atoms with Crippen LogP contribution < -0.4 is 9.47 Å². The molecular formula is C17H17ClN4O2S. The van der Waals surface area contributed by atoms with E-state index in [2.05, 4.69) is 15.5 Å². The fourth-order valence-electron chi connectivity index (χ4n) is 2.12. The average Bonchev–Trinajstić information content (AvgIpc) is 3.10. The van der Waals surface area contributed by atoms with Crippen molar-refractivity contribution >= 4 is 23.4 Å². The summed E-state index contributed by atoms with van der Waals surface area (Å²) in [5.41, 5.74) is 0.892. The number of rotatable bonds is 8. The number of nitrogens with zero attached hydrogens (tertiary/aromatic N) is 4. The second kappa shape index (κ2) is 8.73. The lowest BCUT2D eigenvalue weighted by molar-refractivity contribution is 0.318. The lowest BCUT2D eigenvalue weighted by Gasteiger charge is -2.07. The van der Waals surface area contributed by atoms with Gasteiger partial charge < -0.3 is 9.47 Å². The molecule has 0 atom stereocenters. The van der Waals surface area contributed by atoms with Crippen LogP contribution in [0.25, 0.3) is 5.69 Å². The molecule has 8 heteroatoms. The quantitative estimate of drug-likeness (QED) is 0.439. The van der Waals surface area contributed by atoms with Gasteiger partial charge in [0.25, 0.3) is 0 Å². The van der Waals surface area contributed by atoms with E-state index in [4.69, 9.17) is 21.1 Å². The van der Waals surface area contributed by atoms with Gasteiger partial charge >= 0.3 is 0 Å². The lowest BCUT2D eigenvalue weighted by Crippen LogP contribution is -2.01. The summed E-state index contributed by atoms with van der Waals surface area (Å²) in [4.78, 5) is 0. The topological polar surface area (TPSA) is 62.1 Å². The summed E-state index contributed by atoms with van der Waals surface area (Å²) in [6.45, 7) is 0.609. The number of tetrazole rings is 1. The molecule has 6 nitrogen and oxygen atoms in total. The fourth-order valence-corrected chi connectivity index (χ4v) is 3.11. The van der Waals surface area contributed by atoms with E-state index in [1.165, 1.54) is 0 Å². The van der Waals surface area contributed by atoms with E-state index in [0.29, 0.717) is 11.6 Å². The van der Waals surface area contributed by atoms with Gasteiger partial charge in [-0.1, -0.05) is 29.4 Å². The highest BCUT2D eigenvalue weighted by atomic mass is 35.5. The molecule has 0 fully saturated rings. The maximum atomic E-state index is 5.93. The van der Waals surface area contributed by atoms with Crippen molar-refractivity contribution in [3.05, 3.63) is 53.6 Å². The maximum absolute atomic E-state index is 5.93. The summed E-state index contributed by atoms with van der Waals surface area (Å²) < 4.78 is 12.6. The first-order chi connectivity index (χ1) is 12.3. The van der Waals surface area contributed by atoms with Gasteiger partial charge in [0.05, 0.1) is 19.4 Å². The minimum absolute atomic E-state index is 0.609. The third-order valence-corrected chi connectivity index (χ3v) is 4.58. The highest BCUT2D eigenvalue weighted by Crippen LogP contribution is 2.21. The molecule has 0 amide bonds. The van der Waals surface area contributed by atoms with E-state index in [9.17, 15) is 0 Å². The third-order valence-electron chi connectivity index (χ3n) is 3.34. The van der Waals surface area contributed by atoms with Crippen LogP contribution in [-0.4, -0.2) is 39.7 Å². The Kier molecular flexibility index (Phi) is 6.14. The van der Waals surface area contributed by atoms with Crippen molar-refractivity contribution < 1.29 is 9.47 Å². The summed E-state index contributed by atoms with van der Waals surface area (Å²) in [6.07, 6.45) is 0.868. The van der Waals surface area contributed by atoms with Gasteiger partial charge in [-0.25, -0.2) is 0 Å². The van der Waals surface area contributed by atoms with Crippen LogP contribution in [-0.2, 0) is 0 Å². The zero-order chi connectivity index (χ0) is 17.5. The summed E-state index contributed by atoms with van der Waals surface area (Å²) in [7, 11) is 1.64. The van der Waals surface area contributed by atoms with Gasteiger partial charge in [0.1, 0.15) is 11.5 Å². The van der Waals surface area contributed by atoms with E-state index in [-0.39, 0.29) is 0 Å². The van der Waals surface area contributed by atoms with Crippen molar-refractivity contribution in [3.63, 3.8) is 0 Å². The summed E-state index contributed by atoms with van der Waals surface area (Å²) in [5, 5.41) is 13.3. The zero-order valence-electron chi connectivity index (χ0n) is 13.6. The number of benzene rings is 2. The van der Waals surface area contributed by atoms with Crippen molar-refractivity contribution in [1.29, 1.82) is 0 Å². The molecule has 130 valence electrons. The molecule has 0 aliphatic heterocycles. The molecule has 0 saturated carbocycles. The SMILES string of the molecule is COc1ccc(-n2nnnc2SCCCOc2cccc(Cl)c2)cc1. The minimum atomic E-state index is 0.609. The Morgan fingerprint density at radius 1 is 1.12 bits per heavy atom. The average molecular weight is 377 g/mol. The molecule has 0 unspecified atom stereocenters. The molecule has 3 aromatic rings. The molecule has 25 heavy (non-hydrogen) atoms. The van der Waals surface area contributed by atoms with Gasteiger partial charge in [-0.2, -0.15) is 4.68 Å². The standard InChI is InChI=1S/C17H17ClN4O2S/c1-23-15-8-6-14(7-9-15)22-17(19-20-21-22)25-11-3-10-24-16-5-2-4-13(18)12-16/h2,4-9,12H,3,10-11H2,1H3. The minimum Gasteiger partial charge on any atom is -0.497 e. The van der Waals surface area contributed by atoms with Crippen LogP contribution in [0.5, 0.6) is 11.5 Å². The van der Waals surface area contributed by atoms with Gasteiger partial charge in [-0.3, -0.25) is 0 Å². The highest BCUT2D eigenvalue weighted by molar-refractivity contribution is 7.99. The molecule has 0 spiro atoms. The predicted octanol–water partition coefficient (Wildman–Crippen LogP) is 3.89. The maximum Gasteiger partial charge on any atom is 0.214 e. The normalized spacial score (nSPS) is 10.6. The third kappa shape index (κ3) is 4.87. The van der Waals surface area contributed by atoms with Crippen molar-refractivity contribution in [2.24, 2.45) is 0 Å². The Morgan fingerprint density at radius 3 is 2.72 bits per heavy atom. The monoisotopic (exact) mass is 376 g/mol. The Bertz CT molecular complexity index is 810. The molecule has 1 aromatic heterocycles. The van der Waals surface area contributed by atoms with Crippen LogP contribution in [0.3, 0.4) is 0 Å². The highest BCUT2D eigenvalue weighted by Gasteiger charge is 2.09. The Hall–Kier alpha value is -2.25. The van der Waals surface area contributed by atoms with Crippen LogP contribution in [0.4, 0.5) is 0 Å². The molecule has 0 aliphatic rings. The number of methoxy groups -OCH3 is 1. The fraction of sp³-hybridized carbons (Fsp3) is 0.235. The largest absolute Gasteiger partial charge is 0.497 e. The first kappa shape index (κ1) is 17.6. The Morgan fingerprint density at radius 2 is 1.96 bits per heavy atom. The van der Waals surface area contributed by atoms with Gasteiger partial charge in [0.2, 0.25) is 5.16 Å².